The lowest BCUT2D eigenvalue weighted by Crippen LogP contribution is -2.42. The lowest BCUT2D eigenvalue weighted by molar-refractivity contribution is -0.123. The molecule has 1 amide bonds. The maximum atomic E-state index is 11.5. The Bertz CT molecular complexity index is 357. The lowest BCUT2D eigenvalue weighted by Gasteiger charge is -2.08. The van der Waals surface area contributed by atoms with Crippen molar-refractivity contribution in [3.05, 3.63) is 16.1 Å². The van der Waals surface area contributed by atoms with Crippen LogP contribution in [0.15, 0.2) is 6.20 Å². The maximum Gasteiger partial charge on any atom is 0.240 e. The van der Waals surface area contributed by atoms with E-state index in [2.05, 4.69) is 10.3 Å². The highest BCUT2D eigenvalue weighted by Crippen LogP contribution is 2.32. The van der Waals surface area contributed by atoms with Crippen LogP contribution >= 0.6 is 11.3 Å². The minimum Gasteiger partial charge on any atom is -0.350 e. The summed E-state index contributed by atoms with van der Waals surface area (Å²) in [5, 5.41) is 3.84. The van der Waals surface area contributed by atoms with Gasteiger partial charge in [0.25, 0.3) is 0 Å². The van der Waals surface area contributed by atoms with Crippen molar-refractivity contribution >= 4 is 17.2 Å². The number of nitrogens with zero attached hydrogens (tertiary/aromatic N) is 1. The van der Waals surface area contributed by atoms with Gasteiger partial charge in [0.2, 0.25) is 5.91 Å². The third-order valence-electron chi connectivity index (χ3n) is 2.33. The lowest BCUT2D eigenvalue weighted by atomic mass is 10.3. The summed E-state index contributed by atoms with van der Waals surface area (Å²) >= 11 is 1.59. The molecule has 2 rings (SSSR count). The number of carbonyl (C=O) groups is 1. The topological polar surface area (TPSA) is 68.0 Å². The van der Waals surface area contributed by atoms with Crippen LogP contribution in [0.4, 0.5) is 0 Å². The molecule has 1 aliphatic carbocycles. The van der Waals surface area contributed by atoms with Gasteiger partial charge in [-0.1, -0.05) is 0 Å². The molecule has 1 fully saturated rings. The van der Waals surface area contributed by atoms with E-state index in [9.17, 15) is 4.79 Å². The molecule has 0 unspecified atom stereocenters. The molecule has 1 aromatic heterocycles. The van der Waals surface area contributed by atoms with Gasteiger partial charge in [0.1, 0.15) is 0 Å². The summed E-state index contributed by atoms with van der Waals surface area (Å²) in [4.78, 5) is 16.6. The monoisotopic (exact) mass is 211 g/mol. The number of amides is 1. The Morgan fingerprint density at radius 3 is 3.00 bits per heavy atom. The number of hydrogen-bond acceptors (Lipinski definition) is 4. The van der Waals surface area contributed by atoms with Gasteiger partial charge in [0.15, 0.2) is 0 Å². The zero-order chi connectivity index (χ0) is 10.2. The number of aryl methyl sites for hydroxylation is 1. The number of nitrogens with two attached hydrogens (primary N) is 1. The van der Waals surface area contributed by atoms with Gasteiger partial charge >= 0.3 is 0 Å². The van der Waals surface area contributed by atoms with Crippen molar-refractivity contribution < 1.29 is 4.79 Å². The summed E-state index contributed by atoms with van der Waals surface area (Å²) in [5.74, 6) is -0.0384. The van der Waals surface area contributed by atoms with E-state index in [0.717, 1.165) is 22.7 Å². The maximum absolute atomic E-state index is 11.5. The van der Waals surface area contributed by atoms with Crippen LogP contribution in [0.3, 0.4) is 0 Å². The highest BCUT2D eigenvalue weighted by molar-refractivity contribution is 7.11. The molecule has 1 aliphatic rings. The summed E-state index contributed by atoms with van der Waals surface area (Å²) in [6, 6.07) is 0. The van der Waals surface area contributed by atoms with Crippen LogP contribution < -0.4 is 11.1 Å². The van der Waals surface area contributed by atoms with Gasteiger partial charge in [-0.05, 0) is 19.8 Å². The first-order chi connectivity index (χ1) is 6.60. The number of thiazole rings is 1. The fraction of sp³-hybridized carbons (Fsp3) is 0.556. The van der Waals surface area contributed by atoms with E-state index in [1.54, 1.807) is 17.5 Å². The molecule has 1 heterocycles. The van der Waals surface area contributed by atoms with E-state index in [-0.39, 0.29) is 5.91 Å². The second-order valence-electron chi connectivity index (χ2n) is 3.68. The van der Waals surface area contributed by atoms with Gasteiger partial charge in [0, 0.05) is 11.1 Å². The average Bonchev–Trinajstić information content (AvgIpc) is 2.76. The van der Waals surface area contributed by atoms with Crippen LogP contribution in [0.25, 0.3) is 0 Å². The molecule has 0 atom stereocenters. The third kappa shape index (κ3) is 1.93. The number of aromatic nitrogens is 1. The molecule has 0 spiro atoms. The molecule has 4 nitrogen and oxygen atoms in total. The summed E-state index contributed by atoms with van der Waals surface area (Å²) in [5.41, 5.74) is 5.17. The van der Waals surface area contributed by atoms with Gasteiger partial charge in [-0.3, -0.25) is 4.79 Å². The van der Waals surface area contributed by atoms with Crippen LogP contribution in [-0.2, 0) is 11.3 Å². The predicted octanol–water partition coefficient (Wildman–Crippen LogP) is 0.559. The van der Waals surface area contributed by atoms with E-state index in [0.29, 0.717) is 6.54 Å². The Kier molecular flexibility index (Phi) is 2.28. The first-order valence-electron chi connectivity index (χ1n) is 4.59. The Morgan fingerprint density at radius 1 is 1.79 bits per heavy atom. The summed E-state index contributed by atoms with van der Waals surface area (Å²) in [6.45, 7) is 2.49. The van der Waals surface area contributed by atoms with Gasteiger partial charge in [0.05, 0.1) is 17.1 Å². The van der Waals surface area contributed by atoms with E-state index in [1.165, 1.54) is 0 Å². The fourth-order valence-electron chi connectivity index (χ4n) is 1.19. The van der Waals surface area contributed by atoms with Crippen molar-refractivity contribution in [3.63, 3.8) is 0 Å². The quantitative estimate of drug-likeness (QED) is 0.767. The normalized spacial score (nSPS) is 17.9. The minimum absolute atomic E-state index is 0.0384. The van der Waals surface area contributed by atoms with Gasteiger partial charge in [-0.2, -0.15) is 0 Å². The molecule has 14 heavy (non-hydrogen) atoms. The summed E-state index contributed by atoms with van der Waals surface area (Å²) < 4.78 is 0. The number of nitrogens with one attached hydrogen (secondary N) is 1. The van der Waals surface area contributed by atoms with E-state index in [1.807, 2.05) is 6.92 Å². The molecule has 0 saturated heterocycles. The predicted molar refractivity (Wildman–Crippen MR) is 54.9 cm³/mol. The van der Waals surface area contributed by atoms with Crippen molar-refractivity contribution in [1.29, 1.82) is 0 Å². The molecule has 0 aromatic carbocycles. The summed E-state index contributed by atoms with van der Waals surface area (Å²) in [7, 11) is 0. The van der Waals surface area contributed by atoms with E-state index >= 15 is 0 Å². The van der Waals surface area contributed by atoms with Crippen molar-refractivity contribution in [3.8, 4) is 0 Å². The third-order valence-corrected chi connectivity index (χ3v) is 3.25. The Labute approximate surface area is 86.5 Å². The smallest absolute Gasteiger partial charge is 0.240 e. The summed E-state index contributed by atoms with van der Waals surface area (Å²) in [6.07, 6.45) is 3.40. The first-order valence-corrected chi connectivity index (χ1v) is 5.40. The van der Waals surface area contributed by atoms with Crippen LogP contribution in [0.5, 0.6) is 0 Å². The number of rotatable bonds is 3. The molecular formula is C9H13N3OS. The second kappa shape index (κ2) is 3.33. The molecule has 0 bridgehead atoms. The van der Waals surface area contributed by atoms with Crippen molar-refractivity contribution in [1.82, 2.24) is 10.3 Å². The zero-order valence-electron chi connectivity index (χ0n) is 8.04. The molecule has 5 heteroatoms. The van der Waals surface area contributed by atoms with Gasteiger partial charge in [-0.25, -0.2) is 4.98 Å². The van der Waals surface area contributed by atoms with Crippen LogP contribution in [-0.4, -0.2) is 16.4 Å². The molecule has 0 aliphatic heterocycles. The Balaban J connectivity index is 1.85. The van der Waals surface area contributed by atoms with Gasteiger partial charge in [-0.15, -0.1) is 11.3 Å². The Hall–Kier alpha value is -0.940. The van der Waals surface area contributed by atoms with E-state index < -0.39 is 5.54 Å². The minimum atomic E-state index is -0.570. The highest BCUT2D eigenvalue weighted by atomic mass is 32.1. The van der Waals surface area contributed by atoms with Crippen LogP contribution in [0, 0.1) is 6.92 Å². The van der Waals surface area contributed by atoms with Gasteiger partial charge < -0.3 is 11.1 Å². The van der Waals surface area contributed by atoms with Crippen LogP contribution in [0.2, 0.25) is 0 Å². The molecule has 1 saturated carbocycles. The van der Waals surface area contributed by atoms with Crippen molar-refractivity contribution in [2.75, 3.05) is 0 Å². The molecule has 0 radical (unpaired) electrons. The van der Waals surface area contributed by atoms with Crippen LogP contribution in [0.1, 0.15) is 22.7 Å². The van der Waals surface area contributed by atoms with Crippen molar-refractivity contribution in [2.45, 2.75) is 31.8 Å². The van der Waals surface area contributed by atoms with E-state index in [4.69, 9.17) is 5.73 Å². The Morgan fingerprint density at radius 2 is 2.50 bits per heavy atom. The SMILES string of the molecule is Cc1ncc(CNC(=O)C2(N)CC2)s1. The molecular weight excluding hydrogens is 198 g/mol. The second-order valence-corrected chi connectivity index (χ2v) is 5.00. The molecule has 3 N–H and O–H groups in total. The fourth-order valence-corrected chi connectivity index (χ4v) is 1.93. The standard InChI is InChI=1S/C9H13N3OS/c1-6-11-4-7(14-6)5-12-8(13)9(10)2-3-9/h4H,2-3,5,10H2,1H3,(H,12,13). The number of carbonyl (C=O) groups excluding carboxylic acids is 1. The molecule has 1 aromatic rings. The largest absolute Gasteiger partial charge is 0.350 e. The first kappa shape index (κ1) is 9.61. The zero-order valence-corrected chi connectivity index (χ0v) is 8.86. The molecule has 76 valence electrons. The number of hydrogen-bond donors (Lipinski definition) is 2. The average molecular weight is 211 g/mol. The van der Waals surface area contributed by atoms with Crippen molar-refractivity contribution in [2.24, 2.45) is 5.73 Å². The highest BCUT2D eigenvalue weighted by Gasteiger charge is 2.45.